The normalized spacial score (nSPS) is 16.1. The van der Waals surface area contributed by atoms with E-state index >= 15 is 0 Å². The topological polar surface area (TPSA) is 75.5 Å². The van der Waals surface area contributed by atoms with Crippen molar-refractivity contribution in [2.45, 2.75) is 19.4 Å². The first-order valence-electron chi connectivity index (χ1n) is 7.00. The fourth-order valence-corrected chi connectivity index (χ4v) is 2.74. The predicted octanol–water partition coefficient (Wildman–Crippen LogP) is 3.14. The molecular weight excluding hydrogens is 318 g/mol. The molecule has 1 radical (unpaired) electrons. The average molecular weight is 331 g/mol. The smallest absolute Gasteiger partial charge is 0.269 e. The third-order valence-corrected chi connectivity index (χ3v) is 3.98. The maximum Gasteiger partial charge on any atom is 0.269 e. The molecule has 0 aliphatic carbocycles. The molecule has 0 fully saturated rings. The Morgan fingerprint density at radius 1 is 1.43 bits per heavy atom. The summed E-state index contributed by atoms with van der Waals surface area (Å²) in [5.41, 5.74) is 4.94. The number of nitro benzene ring substituents is 1. The van der Waals surface area contributed by atoms with Gasteiger partial charge in [-0.25, -0.2) is 0 Å². The lowest BCUT2D eigenvalue weighted by Crippen LogP contribution is -2.45. The molecule has 1 atom stereocenters. The van der Waals surface area contributed by atoms with Crippen LogP contribution in [0.1, 0.15) is 22.8 Å². The molecule has 2 aromatic carbocycles. The number of amides is 1. The number of non-ortho nitro benzene ring substituents is 1. The van der Waals surface area contributed by atoms with E-state index in [9.17, 15) is 14.9 Å². The van der Waals surface area contributed by atoms with Crippen molar-refractivity contribution in [2.24, 2.45) is 0 Å². The summed E-state index contributed by atoms with van der Waals surface area (Å²) in [5.74, 6) is -0.282. The van der Waals surface area contributed by atoms with E-state index in [4.69, 9.17) is 11.6 Å². The van der Waals surface area contributed by atoms with Crippen LogP contribution in [0.4, 0.5) is 11.4 Å². The molecule has 0 spiro atoms. The zero-order valence-electron chi connectivity index (χ0n) is 12.2. The number of benzene rings is 2. The number of anilines is 1. The molecule has 7 heteroatoms. The van der Waals surface area contributed by atoms with Crippen molar-refractivity contribution in [3.8, 4) is 0 Å². The largest absolute Gasteiger partial charge is 0.282 e. The summed E-state index contributed by atoms with van der Waals surface area (Å²) in [6.07, 6.45) is 0.629. The molecule has 1 aliphatic rings. The number of fused-ring (bicyclic) bond motifs is 1. The first kappa shape index (κ1) is 15.3. The Morgan fingerprint density at radius 2 is 2.22 bits per heavy atom. The quantitative estimate of drug-likeness (QED) is 0.693. The number of hydrogen-bond donors (Lipinski definition) is 1. The van der Waals surface area contributed by atoms with Gasteiger partial charge in [-0.3, -0.25) is 25.3 Å². The number of nitrogens with zero attached hydrogens (tertiary/aromatic N) is 2. The fraction of sp³-hybridized carbons (Fsp3) is 0.188. The van der Waals surface area contributed by atoms with E-state index in [-0.39, 0.29) is 17.6 Å². The Labute approximate surface area is 137 Å². The van der Waals surface area contributed by atoms with Gasteiger partial charge in [0.15, 0.2) is 0 Å². The lowest BCUT2D eigenvalue weighted by Gasteiger charge is -2.25. The van der Waals surface area contributed by atoms with E-state index in [0.717, 1.165) is 11.3 Å². The van der Waals surface area contributed by atoms with Gasteiger partial charge >= 0.3 is 0 Å². The summed E-state index contributed by atoms with van der Waals surface area (Å²) < 4.78 is 0. The predicted molar refractivity (Wildman–Crippen MR) is 86.5 cm³/mol. The second-order valence-electron chi connectivity index (χ2n) is 5.36. The molecule has 1 heterocycles. The van der Waals surface area contributed by atoms with Crippen molar-refractivity contribution in [1.29, 1.82) is 0 Å². The van der Waals surface area contributed by atoms with Gasteiger partial charge in [0.2, 0.25) is 0 Å². The van der Waals surface area contributed by atoms with Crippen LogP contribution < -0.4 is 10.4 Å². The zero-order valence-corrected chi connectivity index (χ0v) is 13.0. The molecular formula is C16H13ClN3O3. The van der Waals surface area contributed by atoms with Crippen molar-refractivity contribution >= 4 is 28.9 Å². The summed E-state index contributed by atoms with van der Waals surface area (Å²) in [4.78, 5) is 22.8. The summed E-state index contributed by atoms with van der Waals surface area (Å²) in [7, 11) is 0. The summed E-state index contributed by atoms with van der Waals surface area (Å²) >= 11 is 5.76. The van der Waals surface area contributed by atoms with Crippen LogP contribution in [-0.4, -0.2) is 16.9 Å². The molecule has 0 aromatic heterocycles. The Morgan fingerprint density at radius 3 is 2.87 bits per heavy atom. The number of carbonyl (C=O) groups excluding carboxylic acids is 1. The van der Waals surface area contributed by atoms with Crippen molar-refractivity contribution in [3.63, 3.8) is 0 Å². The Kier molecular flexibility index (Phi) is 3.92. The van der Waals surface area contributed by atoms with Crippen LogP contribution in [0.2, 0.25) is 5.02 Å². The molecule has 23 heavy (non-hydrogen) atoms. The molecule has 2 aromatic rings. The summed E-state index contributed by atoms with van der Waals surface area (Å²) in [5, 5.41) is 13.0. The number of hydrogen-bond acceptors (Lipinski definition) is 4. The van der Waals surface area contributed by atoms with Crippen molar-refractivity contribution in [3.05, 3.63) is 68.7 Å². The van der Waals surface area contributed by atoms with E-state index in [1.807, 2.05) is 6.92 Å². The van der Waals surface area contributed by atoms with Gasteiger partial charge in [0, 0.05) is 28.8 Å². The Bertz CT molecular complexity index is 777. The van der Waals surface area contributed by atoms with Gasteiger partial charge in [-0.15, -0.1) is 0 Å². The van der Waals surface area contributed by atoms with Crippen LogP contribution in [-0.2, 0) is 6.42 Å². The van der Waals surface area contributed by atoms with Crippen LogP contribution in [0.5, 0.6) is 0 Å². The Hall–Kier alpha value is -2.60. The van der Waals surface area contributed by atoms with E-state index in [1.54, 1.807) is 29.3 Å². The zero-order chi connectivity index (χ0) is 16.6. The van der Waals surface area contributed by atoms with Crippen LogP contribution in [0.25, 0.3) is 0 Å². The molecule has 1 N–H and O–H groups in total. The minimum Gasteiger partial charge on any atom is -0.282 e. The number of rotatable bonds is 3. The minimum absolute atomic E-state index is 0.00670. The number of halogens is 1. The molecule has 1 unspecified atom stereocenters. The number of hydrazine groups is 1. The van der Waals surface area contributed by atoms with E-state index in [2.05, 4.69) is 11.5 Å². The van der Waals surface area contributed by atoms with Crippen LogP contribution in [0.15, 0.2) is 36.4 Å². The van der Waals surface area contributed by atoms with Crippen molar-refractivity contribution in [1.82, 2.24) is 5.43 Å². The van der Waals surface area contributed by atoms with Crippen LogP contribution in [0, 0.1) is 16.2 Å². The molecule has 1 amide bonds. The highest BCUT2D eigenvalue weighted by Crippen LogP contribution is 2.33. The highest BCUT2D eigenvalue weighted by molar-refractivity contribution is 6.30. The summed E-state index contributed by atoms with van der Waals surface area (Å²) in [6, 6.07) is 12.2. The molecule has 3 rings (SSSR count). The average Bonchev–Trinajstić information content (AvgIpc) is 2.83. The van der Waals surface area contributed by atoms with Gasteiger partial charge in [-0.05, 0) is 43.2 Å². The molecule has 117 valence electrons. The molecule has 0 bridgehead atoms. The first-order chi connectivity index (χ1) is 11.0. The number of nitrogens with one attached hydrogen (secondary N) is 1. The lowest BCUT2D eigenvalue weighted by atomic mass is 10.1. The monoisotopic (exact) mass is 330 g/mol. The third kappa shape index (κ3) is 2.98. The highest BCUT2D eigenvalue weighted by Gasteiger charge is 2.29. The van der Waals surface area contributed by atoms with E-state index in [0.29, 0.717) is 17.0 Å². The van der Waals surface area contributed by atoms with Gasteiger partial charge in [-0.1, -0.05) is 11.6 Å². The molecule has 0 saturated carbocycles. The van der Waals surface area contributed by atoms with Gasteiger partial charge in [0.05, 0.1) is 16.7 Å². The molecule has 6 nitrogen and oxygen atoms in total. The Balaban J connectivity index is 1.83. The van der Waals surface area contributed by atoms with Gasteiger partial charge in [-0.2, -0.15) is 0 Å². The first-order valence-corrected chi connectivity index (χ1v) is 7.38. The van der Waals surface area contributed by atoms with Crippen molar-refractivity contribution < 1.29 is 9.72 Å². The van der Waals surface area contributed by atoms with Gasteiger partial charge in [0.1, 0.15) is 0 Å². The molecule has 1 aliphatic heterocycles. The van der Waals surface area contributed by atoms with Gasteiger partial charge in [0.25, 0.3) is 11.6 Å². The maximum absolute atomic E-state index is 12.3. The second-order valence-corrected chi connectivity index (χ2v) is 5.77. The highest BCUT2D eigenvalue weighted by atomic mass is 35.5. The van der Waals surface area contributed by atoms with E-state index in [1.165, 1.54) is 12.1 Å². The molecule has 0 saturated heterocycles. The van der Waals surface area contributed by atoms with Crippen LogP contribution >= 0.6 is 11.6 Å². The summed E-state index contributed by atoms with van der Waals surface area (Å²) in [6.45, 7) is 1.94. The second kappa shape index (κ2) is 5.89. The van der Waals surface area contributed by atoms with Gasteiger partial charge < -0.3 is 0 Å². The van der Waals surface area contributed by atoms with Crippen molar-refractivity contribution in [2.75, 3.05) is 5.01 Å². The fourth-order valence-electron chi connectivity index (χ4n) is 2.62. The third-order valence-electron chi connectivity index (χ3n) is 3.75. The van der Waals surface area contributed by atoms with Crippen LogP contribution in [0.3, 0.4) is 0 Å². The number of nitro groups is 1. The maximum atomic E-state index is 12.3. The standard InChI is InChI=1S/C16H13ClN3O3/c1-10-8-12-9-14(20(22)23)6-7-15(12)19(10)18-16(21)11-2-4-13(17)5-3-11/h2-4,6-7,9-10H,8H2,1H3,(H,18,21). The minimum atomic E-state index is -0.421. The SMILES string of the molecule is CC1Cc2cc([N+](=O)[O-])ccc2N1NC(=O)c1c[c]c(Cl)cc1. The van der Waals surface area contributed by atoms with E-state index < -0.39 is 4.92 Å². The lowest BCUT2D eigenvalue weighted by molar-refractivity contribution is -0.384. The number of carbonyl (C=O) groups is 1.